The van der Waals surface area contributed by atoms with Gasteiger partial charge >= 0.3 is 5.97 Å². The van der Waals surface area contributed by atoms with Gasteiger partial charge in [-0.25, -0.2) is 8.42 Å². The molecule has 76 valence electrons. The van der Waals surface area contributed by atoms with Crippen LogP contribution in [0.2, 0.25) is 0 Å². The minimum Gasteiger partial charge on any atom is -0.469 e. The number of carbonyl (C=O) groups is 1. The number of carbonyl (C=O) groups excluding carboxylic acids is 1. The van der Waals surface area contributed by atoms with E-state index in [0.29, 0.717) is 0 Å². The van der Waals surface area contributed by atoms with Gasteiger partial charge in [0.1, 0.15) is 9.84 Å². The van der Waals surface area contributed by atoms with Crippen molar-refractivity contribution < 1.29 is 17.9 Å². The fraction of sp³-hybridized carbons (Fsp3) is 0.875. The Morgan fingerprint density at radius 1 is 1.54 bits per heavy atom. The summed E-state index contributed by atoms with van der Waals surface area (Å²) in [5.74, 6) is -0.695. The van der Waals surface area contributed by atoms with Crippen LogP contribution >= 0.6 is 0 Å². The quantitative estimate of drug-likeness (QED) is 0.618. The first-order valence-corrected chi connectivity index (χ1v) is 6.25. The van der Waals surface area contributed by atoms with Gasteiger partial charge in [-0.2, -0.15) is 0 Å². The molecule has 0 bridgehead atoms. The Labute approximate surface area is 78.2 Å². The van der Waals surface area contributed by atoms with Crippen LogP contribution in [0.5, 0.6) is 0 Å². The van der Waals surface area contributed by atoms with Crippen LogP contribution in [0.3, 0.4) is 0 Å². The predicted octanol–water partition coefficient (Wildman–Crippen LogP) is 0.230. The molecule has 0 N–H and O–H groups in total. The van der Waals surface area contributed by atoms with Gasteiger partial charge in [0.2, 0.25) is 0 Å². The SMILES string of the molecule is COC(=O)C(CS(C)(=O)=O)C1CC1. The molecule has 0 aliphatic heterocycles. The normalized spacial score (nSPS) is 19.5. The molecule has 1 aliphatic rings. The second kappa shape index (κ2) is 3.65. The highest BCUT2D eigenvalue weighted by atomic mass is 32.2. The minimum atomic E-state index is -3.08. The maximum Gasteiger partial charge on any atom is 0.309 e. The zero-order valence-electron chi connectivity index (χ0n) is 7.82. The second-order valence-corrected chi connectivity index (χ2v) is 5.74. The average Bonchev–Trinajstić information content (AvgIpc) is 2.79. The van der Waals surface area contributed by atoms with Gasteiger partial charge in [0.05, 0.1) is 18.8 Å². The van der Waals surface area contributed by atoms with Gasteiger partial charge in [0, 0.05) is 6.26 Å². The third-order valence-corrected chi connectivity index (χ3v) is 3.14. The Morgan fingerprint density at radius 2 is 2.08 bits per heavy atom. The number of methoxy groups -OCH3 is 1. The van der Waals surface area contributed by atoms with E-state index in [1.54, 1.807) is 0 Å². The molecule has 1 rings (SSSR count). The molecule has 0 aromatic heterocycles. The first-order valence-electron chi connectivity index (χ1n) is 4.19. The molecule has 0 radical (unpaired) electrons. The molecule has 0 amide bonds. The van der Waals surface area contributed by atoms with Crippen molar-refractivity contribution in [3.63, 3.8) is 0 Å². The van der Waals surface area contributed by atoms with Gasteiger partial charge in [-0.05, 0) is 18.8 Å². The fourth-order valence-electron chi connectivity index (χ4n) is 1.37. The van der Waals surface area contributed by atoms with Gasteiger partial charge in [0.15, 0.2) is 0 Å². The molecule has 1 unspecified atom stereocenters. The maximum atomic E-state index is 11.2. The van der Waals surface area contributed by atoms with Crippen LogP contribution in [-0.2, 0) is 19.4 Å². The minimum absolute atomic E-state index is 0.0790. The molecule has 5 heteroatoms. The van der Waals surface area contributed by atoms with E-state index in [4.69, 9.17) is 0 Å². The summed E-state index contributed by atoms with van der Waals surface area (Å²) in [6.45, 7) is 0. The number of hydrogen-bond donors (Lipinski definition) is 0. The summed E-state index contributed by atoms with van der Waals surface area (Å²) in [5, 5.41) is 0. The lowest BCUT2D eigenvalue weighted by molar-refractivity contribution is -0.145. The summed E-state index contributed by atoms with van der Waals surface area (Å²) in [6, 6.07) is 0. The van der Waals surface area contributed by atoms with E-state index in [1.807, 2.05) is 0 Å². The van der Waals surface area contributed by atoms with Crippen LogP contribution in [0.4, 0.5) is 0 Å². The first-order chi connectivity index (χ1) is 5.94. The third kappa shape index (κ3) is 3.34. The lowest BCUT2D eigenvalue weighted by Gasteiger charge is -2.11. The number of rotatable bonds is 4. The molecule has 1 atom stereocenters. The number of ether oxygens (including phenoxy) is 1. The van der Waals surface area contributed by atoms with E-state index in [9.17, 15) is 13.2 Å². The highest BCUT2D eigenvalue weighted by Gasteiger charge is 2.38. The molecule has 1 aliphatic carbocycles. The monoisotopic (exact) mass is 206 g/mol. The van der Waals surface area contributed by atoms with E-state index in [0.717, 1.165) is 19.1 Å². The number of sulfone groups is 1. The van der Waals surface area contributed by atoms with E-state index in [2.05, 4.69) is 4.74 Å². The van der Waals surface area contributed by atoms with Crippen molar-refractivity contribution >= 4 is 15.8 Å². The van der Waals surface area contributed by atoms with Crippen molar-refractivity contribution in [2.24, 2.45) is 11.8 Å². The number of esters is 1. The van der Waals surface area contributed by atoms with E-state index in [-0.39, 0.29) is 11.7 Å². The Balaban J connectivity index is 2.63. The molecule has 4 nitrogen and oxygen atoms in total. The Hall–Kier alpha value is -0.580. The summed E-state index contributed by atoms with van der Waals surface area (Å²) in [4.78, 5) is 11.2. The lowest BCUT2D eigenvalue weighted by atomic mass is 10.1. The van der Waals surface area contributed by atoms with Crippen LogP contribution < -0.4 is 0 Å². The number of hydrogen-bond acceptors (Lipinski definition) is 4. The molecule has 0 spiro atoms. The van der Waals surface area contributed by atoms with Crippen LogP contribution in [0.25, 0.3) is 0 Å². The maximum absolute atomic E-state index is 11.2. The second-order valence-electron chi connectivity index (χ2n) is 3.56. The van der Waals surface area contributed by atoms with Gasteiger partial charge in [0.25, 0.3) is 0 Å². The summed E-state index contributed by atoms with van der Waals surface area (Å²) in [7, 11) is -1.79. The lowest BCUT2D eigenvalue weighted by Crippen LogP contribution is -2.26. The standard InChI is InChI=1S/C8H14O4S/c1-12-8(9)7(6-3-4-6)5-13(2,10)11/h6-7H,3-5H2,1-2H3. The van der Waals surface area contributed by atoms with E-state index < -0.39 is 21.7 Å². The van der Waals surface area contributed by atoms with Crippen molar-refractivity contribution in [2.45, 2.75) is 12.8 Å². The Kier molecular flexibility index (Phi) is 2.95. The molecular weight excluding hydrogens is 192 g/mol. The topological polar surface area (TPSA) is 60.4 Å². The molecule has 1 fully saturated rings. The highest BCUT2D eigenvalue weighted by Crippen LogP contribution is 2.38. The van der Waals surface area contributed by atoms with Gasteiger partial charge in [-0.3, -0.25) is 4.79 Å². The van der Waals surface area contributed by atoms with Crippen molar-refractivity contribution in [3.8, 4) is 0 Å². The van der Waals surface area contributed by atoms with Gasteiger partial charge in [-0.15, -0.1) is 0 Å². The van der Waals surface area contributed by atoms with Gasteiger partial charge < -0.3 is 4.74 Å². The molecular formula is C8H14O4S. The highest BCUT2D eigenvalue weighted by molar-refractivity contribution is 7.90. The summed E-state index contributed by atoms with van der Waals surface area (Å²) in [5.41, 5.74) is 0. The van der Waals surface area contributed by atoms with E-state index >= 15 is 0 Å². The molecule has 0 heterocycles. The van der Waals surface area contributed by atoms with Crippen LogP contribution in [0.15, 0.2) is 0 Å². The van der Waals surface area contributed by atoms with E-state index in [1.165, 1.54) is 7.11 Å². The molecule has 0 aromatic rings. The smallest absolute Gasteiger partial charge is 0.309 e. The average molecular weight is 206 g/mol. The summed E-state index contributed by atoms with van der Waals surface area (Å²) >= 11 is 0. The first kappa shape index (κ1) is 10.5. The zero-order chi connectivity index (χ0) is 10.1. The van der Waals surface area contributed by atoms with Crippen LogP contribution in [0.1, 0.15) is 12.8 Å². The largest absolute Gasteiger partial charge is 0.469 e. The molecule has 1 saturated carbocycles. The van der Waals surface area contributed by atoms with Crippen LogP contribution in [-0.4, -0.2) is 33.5 Å². The van der Waals surface area contributed by atoms with Crippen molar-refractivity contribution in [1.29, 1.82) is 0 Å². The molecule has 0 aromatic carbocycles. The van der Waals surface area contributed by atoms with Crippen molar-refractivity contribution in [3.05, 3.63) is 0 Å². The van der Waals surface area contributed by atoms with Crippen molar-refractivity contribution in [2.75, 3.05) is 19.1 Å². The Bertz CT molecular complexity index is 289. The summed E-state index contributed by atoms with van der Waals surface area (Å²) < 4.78 is 26.5. The predicted molar refractivity (Wildman–Crippen MR) is 47.9 cm³/mol. The Morgan fingerprint density at radius 3 is 2.38 bits per heavy atom. The van der Waals surface area contributed by atoms with Crippen molar-refractivity contribution in [1.82, 2.24) is 0 Å². The molecule has 13 heavy (non-hydrogen) atoms. The summed E-state index contributed by atoms with van der Waals surface area (Å²) in [6.07, 6.45) is 3.02. The van der Waals surface area contributed by atoms with Gasteiger partial charge in [-0.1, -0.05) is 0 Å². The fourth-order valence-corrected chi connectivity index (χ4v) is 2.43. The molecule has 0 saturated heterocycles. The third-order valence-electron chi connectivity index (χ3n) is 2.18. The zero-order valence-corrected chi connectivity index (χ0v) is 8.63. The van der Waals surface area contributed by atoms with Crippen LogP contribution in [0, 0.1) is 11.8 Å².